The Bertz CT molecular complexity index is 375. The van der Waals surface area contributed by atoms with Gasteiger partial charge in [0.1, 0.15) is 6.04 Å². The van der Waals surface area contributed by atoms with Gasteiger partial charge in [0.15, 0.2) is 5.76 Å². The lowest BCUT2D eigenvalue weighted by atomic mass is 10.3. The SMILES string of the molecule is O=C(O)C1CSCN1C(=O)c1ccco1. The topological polar surface area (TPSA) is 70.8 Å². The Labute approximate surface area is 90.0 Å². The van der Waals surface area contributed by atoms with Crippen LogP contribution >= 0.6 is 11.8 Å². The van der Waals surface area contributed by atoms with Gasteiger partial charge in [-0.05, 0) is 12.1 Å². The van der Waals surface area contributed by atoms with Gasteiger partial charge in [-0.3, -0.25) is 4.79 Å². The van der Waals surface area contributed by atoms with E-state index in [4.69, 9.17) is 9.52 Å². The summed E-state index contributed by atoms with van der Waals surface area (Å²) in [6.45, 7) is 0. The van der Waals surface area contributed by atoms with E-state index in [0.29, 0.717) is 11.6 Å². The molecule has 1 N–H and O–H groups in total. The van der Waals surface area contributed by atoms with Crippen molar-refractivity contribution in [1.82, 2.24) is 4.90 Å². The molecule has 1 fully saturated rings. The van der Waals surface area contributed by atoms with Crippen LogP contribution in [0.4, 0.5) is 0 Å². The van der Waals surface area contributed by atoms with Crippen LogP contribution in [0, 0.1) is 0 Å². The van der Waals surface area contributed by atoms with Crippen LogP contribution in [0.2, 0.25) is 0 Å². The largest absolute Gasteiger partial charge is 0.480 e. The quantitative estimate of drug-likeness (QED) is 0.812. The summed E-state index contributed by atoms with van der Waals surface area (Å²) < 4.78 is 4.94. The van der Waals surface area contributed by atoms with Crippen molar-refractivity contribution < 1.29 is 19.1 Å². The number of hydrogen-bond acceptors (Lipinski definition) is 4. The minimum absolute atomic E-state index is 0.184. The van der Waals surface area contributed by atoms with Gasteiger partial charge in [-0.25, -0.2) is 4.79 Å². The molecule has 1 atom stereocenters. The van der Waals surface area contributed by atoms with Crippen molar-refractivity contribution in [2.75, 3.05) is 11.6 Å². The van der Waals surface area contributed by atoms with Crippen LogP contribution in [0.1, 0.15) is 10.6 Å². The van der Waals surface area contributed by atoms with Gasteiger partial charge in [-0.1, -0.05) is 0 Å². The third-order valence-corrected chi connectivity index (χ3v) is 3.17. The van der Waals surface area contributed by atoms with Gasteiger partial charge in [0, 0.05) is 5.75 Å². The molecule has 2 rings (SSSR count). The van der Waals surface area contributed by atoms with E-state index in [9.17, 15) is 9.59 Å². The monoisotopic (exact) mass is 227 g/mol. The van der Waals surface area contributed by atoms with Crippen molar-refractivity contribution in [2.24, 2.45) is 0 Å². The van der Waals surface area contributed by atoms with Crippen molar-refractivity contribution in [3.63, 3.8) is 0 Å². The molecule has 1 aromatic rings. The molecule has 1 saturated heterocycles. The highest BCUT2D eigenvalue weighted by Crippen LogP contribution is 2.23. The number of carbonyl (C=O) groups is 2. The summed E-state index contributed by atoms with van der Waals surface area (Å²) >= 11 is 1.43. The summed E-state index contributed by atoms with van der Waals surface area (Å²) in [4.78, 5) is 23.9. The van der Waals surface area contributed by atoms with Crippen LogP contribution in [0.3, 0.4) is 0 Å². The van der Waals surface area contributed by atoms with Crippen molar-refractivity contribution in [1.29, 1.82) is 0 Å². The van der Waals surface area contributed by atoms with Crippen molar-refractivity contribution in [2.45, 2.75) is 6.04 Å². The summed E-state index contributed by atoms with van der Waals surface area (Å²) in [6.07, 6.45) is 1.40. The molecule has 5 nitrogen and oxygen atoms in total. The number of thioether (sulfide) groups is 1. The normalized spacial score (nSPS) is 20.5. The van der Waals surface area contributed by atoms with Gasteiger partial charge in [-0.2, -0.15) is 0 Å². The highest BCUT2D eigenvalue weighted by molar-refractivity contribution is 7.99. The number of amides is 1. The smallest absolute Gasteiger partial charge is 0.327 e. The van der Waals surface area contributed by atoms with Crippen molar-refractivity contribution in [3.05, 3.63) is 24.2 Å². The number of carboxylic acid groups (broad SMARTS) is 1. The summed E-state index contributed by atoms with van der Waals surface area (Å²) in [5.41, 5.74) is 0. The van der Waals surface area contributed by atoms with Gasteiger partial charge in [-0.15, -0.1) is 11.8 Å². The first-order valence-electron chi connectivity index (χ1n) is 4.35. The molecule has 1 unspecified atom stereocenters. The fraction of sp³-hybridized carbons (Fsp3) is 0.333. The Balaban J connectivity index is 2.17. The second kappa shape index (κ2) is 3.98. The lowest BCUT2D eigenvalue weighted by Crippen LogP contribution is -2.41. The van der Waals surface area contributed by atoms with Gasteiger partial charge in [0.25, 0.3) is 5.91 Å². The molecule has 0 bridgehead atoms. The van der Waals surface area contributed by atoms with E-state index < -0.39 is 12.0 Å². The molecule has 1 aromatic heterocycles. The fourth-order valence-corrected chi connectivity index (χ4v) is 2.53. The molecule has 0 aliphatic carbocycles. The van der Waals surface area contributed by atoms with E-state index in [1.807, 2.05) is 0 Å². The molecule has 0 spiro atoms. The average Bonchev–Trinajstić information content (AvgIpc) is 2.88. The van der Waals surface area contributed by atoms with E-state index in [1.165, 1.54) is 29.0 Å². The molecule has 1 aliphatic rings. The third kappa shape index (κ3) is 1.85. The summed E-state index contributed by atoms with van der Waals surface area (Å²) in [5.74, 6) is -0.320. The zero-order valence-corrected chi connectivity index (χ0v) is 8.57. The minimum Gasteiger partial charge on any atom is -0.480 e. The van der Waals surface area contributed by atoms with Crippen LogP contribution in [0.5, 0.6) is 0 Å². The number of furan rings is 1. The van der Waals surface area contributed by atoms with E-state index in [0.717, 1.165) is 0 Å². The first-order valence-corrected chi connectivity index (χ1v) is 5.50. The maximum atomic E-state index is 11.8. The molecule has 15 heavy (non-hydrogen) atoms. The minimum atomic E-state index is -0.972. The number of nitrogens with zero attached hydrogens (tertiary/aromatic N) is 1. The maximum absolute atomic E-state index is 11.8. The van der Waals surface area contributed by atoms with E-state index in [1.54, 1.807) is 6.07 Å². The Morgan fingerprint density at radius 2 is 2.40 bits per heavy atom. The highest BCUT2D eigenvalue weighted by Gasteiger charge is 2.35. The van der Waals surface area contributed by atoms with Crippen molar-refractivity contribution >= 4 is 23.6 Å². The summed E-state index contributed by atoms with van der Waals surface area (Å²) in [5, 5.41) is 8.89. The number of hydrogen-bond donors (Lipinski definition) is 1. The van der Waals surface area contributed by atoms with Crippen LogP contribution < -0.4 is 0 Å². The standard InChI is InChI=1S/C9H9NO4S/c11-8(7-2-1-3-14-7)10-5-15-4-6(10)9(12)13/h1-3,6H,4-5H2,(H,12,13). The summed E-state index contributed by atoms with van der Waals surface area (Å²) in [6, 6.07) is 2.39. The van der Waals surface area contributed by atoms with Gasteiger partial charge in [0.2, 0.25) is 0 Å². The first-order chi connectivity index (χ1) is 7.20. The van der Waals surface area contributed by atoms with E-state index >= 15 is 0 Å². The average molecular weight is 227 g/mol. The van der Waals surface area contributed by atoms with Crippen LogP contribution in [-0.4, -0.2) is 39.6 Å². The summed E-state index contributed by atoms with van der Waals surface area (Å²) in [7, 11) is 0. The Morgan fingerprint density at radius 3 is 3.00 bits per heavy atom. The molecular weight excluding hydrogens is 218 g/mol. The Hall–Kier alpha value is -1.43. The predicted octanol–water partition coefficient (Wildman–Crippen LogP) is 0.879. The number of aliphatic carboxylic acids is 1. The fourth-order valence-electron chi connectivity index (χ4n) is 1.39. The Kier molecular flexibility index (Phi) is 2.68. The van der Waals surface area contributed by atoms with E-state index in [-0.39, 0.29) is 11.7 Å². The molecule has 2 heterocycles. The van der Waals surface area contributed by atoms with Gasteiger partial charge in [0.05, 0.1) is 12.1 Å². The number of carbonyl (C=O) groups excluding carboxylic acids is 1. The van der Waals surface area contributed by atoms with Crippen LogP contribution in [0.25, 0.3) is 0 Å². The second-order valence-corrected chi connectivity index (χ2v) is 4.11. The number of carboxylic acids is 1. The second-order valence-electron chi connectivity index (χ2n) is 3.11. The first kappa shape index (κ1) is 10.1. The molecule has 0 saturated carbocycles. The third-order valence-electron chi connectivity index (χ3n) is 2.16. The zero-order valence-electron chi connectivity index (χ0n) is 7.75. The van der Waals surface area contributed by atoms with Crippen LogP contribution in [0.15, 0.2) is 22.8 Å². The lowest BCUT2D eigenvalue weighted by molar-refractivity contribution is -0.140. The molecular formula is C9H9NO4S. The molecule has 0 aromatic carbocycles. The lowest BCUT2D eigenvalue weighted by Gasteiger charge is -2.18. The highest BCUT2D eigenvalue weighted by atomic mass is 32.2. The predicted molar refractivity (Wildman–Crippen MR) is 53.6 cm³/mol. The molecule has 80 valence electrons. The van der Waals surface area contributed by atoms with Crippen molar-refractivity contribution in [3.8, 4) is 0 Å². The molecule has 1 amide bonds. The molecule has 6 heteroatoms. The Morgan fingerprint density at radius 1 is 1.60 bits per heavy atom. The molecule has 0 radical (unpaired) electrons. The molecule has 1 aliphatic heterocycles. The van der Waals surface area contributed by atoms with Gasteiger partial charge >= 0.3 is 5.97 Å². The van der Waals surface area contributed by atoms with Gasteiger partial charge < -0.3 is 14.4 Å². The van der Waals surface area contributed by atoms with E-state index in [2.05, 4.69) is 0 Å². The van der Waals surface area contributed by atoms with Crippen LogP contribution in [-0.2, 0) is 4.79 Å². The maximum Gasteiger partial charge on any atom is 0.327 e. The number of rotatable bonds is 2. The zero-order chi connectivity index (χ0) is 10.8.